The molecule has 1 fully saturated rings. The van der Waals surface area contributed by atoms with Crippen LogP contribution in [0.2, 0.25) is 0 Å². The van der Waals surface area contributed by atoms with Crippen LogP contribution in [-0.4, -0.2) is 12.5 Å². The van der Waals surface area contributed by atoms with Crippen LogP contribution in [0.4, 0.5) is 0 Å². The van der Waals surface area contributed by atoms with Crippen molar-refractivity contribution in [1.82, 2.24) is 3.53 Å². The van der Waals surface area contributed by atoms with Crippen molar-refractivity contribution in [3.05, 3.63) is 0 Å². The van der Waals surface area contributed by atoms with Gasteiger partial charge in [-0.2, -0.15) is 0 Å². The van der Waals surface area contributed by atoms with E-state index in [0.29, 0.717) is 0 Å². The lowest BCUT2D eigenvalue weighted by Gasteiger charge is -1.76. The molecule has 0 aromatic heterocycles. The highest BCUT2D eigenvalue weighted by molar-refractivity contribution is 14.1. The lowest BCUT2D eigenvalue weighted by Crippen LogP contribution is -2.12. The highest BCUT2D eigenvalue weighted by Gasteiger charge is 2.33. The summed E-state index contributed by atoms with van der Waals surface area (Å²) < 4.78 is 7.54. The summed E-state index contributed by atoms with van der Waals surface area (Å²) in [7, 11) is 0. The van der Waals surface area contributed by atoms with Crippen LogP contribution in [0.15, 0.2) is 0 Å². The minimum atomic E-state index is -0.0538. The van der Waals surface area contributed by atoms with Crippen molar-refractivity contribution >= 4 is 22.9 Å². The van der Waals surface area contributed by atoms with Gasteiger partial charge in [0.2, 0.25) is 0 Å². The molecule has 0 saturated carbocycles. The summed E-state index contributed by atoms with van der Waals surface area (Å²) in [6, 6.07) is 0. The first kappa shape index (κ1) is 4.76. The summed E-state index contributed by atoms with van der Waals surface area (Å²) in [5.74, 6) is 0. The van der Waals surface area contributed by atoms with Crippen LogP contribution in [0.5, 0.6) is 0 Å². The van der Waals surface area contributed by atoms with Crippen molar-refractivity contribution in [2.75, 3.05) is 0 Å². The number of nitrogens with one attached hydrogen (secondary N) is 1. The summed E-state index contributed by atoms with van der Waals surface area (Å²) in [6.45, 7) is 0. The maximum Gasteiger partial charge on any atom is 0.158 e. The van der Waals surface area contributed by atoms with Gasteiger partial charge in [-0.05, 0) is 0 Å². The third kappa shape index (κ3) is 0.810. The Bertz CT molecular complexity index is 57.5. The third-order valence-electron chi connectivity index (χ3n) is 0.633. The van der Waals surface area contributed by atoms with Gasteiger partial charge >= 0.3 is 0 Å². The molecule has 0 spiro atoms. The van der Waals surface area contributed by atoms with E-state index in [9.17, 15) is 0 Å². The molecule has 4 heteroatoms. The number of hydrogen-bond donors (Lipinski definition) is 2. The molecule has 0 aromatic rings. The standard InChI is InChI=1S/C2H5IN2O/c3-5-2-1(4)6-2/h1-2,5H,4H2. The van der Waals surface area contributed by atoms with Crippen molar-refractivity contribution in [3.63, 3.8) is 0 Å². The van der Waals surface area contributed by atoms with Crippen LogP contribution in [0.1, 0.15) is 0 Å². The van der Waals surface area contributed by atoms with Gasteiger partial charge in [-0.25, -0.2) is 3.53 Å². The average molecular weight is 200 g/mol. The van der Waals surface area contributed by atoms with Gasteiger partial charge in [-0.15, -0.1) is 0 Å². The quantitative estimate of drug-likeness (QED) is 0.343. The van der Waals surface area contributed by atoms with E-state index in [4.69, 9.17) is 10.5 Å². The third-order valence-corrected chi connectivity index (χ3v) is 1.25. The molecule has 6 heavy (non-hydrogen) atoms. The number of halogens is 1. The van der Waals surface area contributed by atoms with Gasteiger partial charge in [0, 0.05) is 22.9 Å². The number of ether oxygens (including phenoxy) is 1. The second-order valence-corrected chi connectivity index (χ2v) is 1.75. The number of hydrogen-bond acceptors (Lipinski definition) is 3. The molecular formula is C2H5IN2O. The number of nitrogens with two attached hydrogens (primary N) is 1. The van der Waals surface area contributed by atoms with E-state index >= 15 is 0 Å². The predicted molar refractivity (Wildman–Crippen MR) is 30.0 cm³/mol. The van der Waals surface area contributed by atoms with Crippen LogP contribution in [0, 0.1) is 0 Å². The van der Waals surface area contributed by atoms with Crippen molar-refractivity contribution in [3.8, 4) is 0 Å². The Morgan fingerprint density at radius 3 is 2.33 bits per heavy atom. The highest BCUT2D eigenvalue weighted by Crippen LogP contribution is 2.12. The summed E-state index contributed by atoms with van der Waals surface area (Å²) in [5, 5.41) is 0. The van der Waals surface area contributed by atoms with Crippen LogP contribution >= 0.6 is 22.9 Å². The summed E-state index contributed by atoms with van der Waals surface area (Å²) in [6.07, 6.45) is 0.0625. The first-order chi connectivity index (χ1) is 2.84. The van der Waals surface area contributed by atoms with E-state index in [-0.39, 0.29) is 12.5 Å². The first-order valence-electron chi connectivity index (χ1n) is 1.62. The zero-order chi connectivity index (χ0) is 4.57. The topological polar surface area (TPSA) is 50.6 Å². The molecule has 1 heterocycles. The van der Waals surface area contributed by atoms with Gasteiger partial charge in [0.05, 0.1) is 0 Å². The molecule has 1 aliphatic heterocycles. The molecule has 0 aliphatic carbocycles. The fourth-order valence-electron chi connectivity index (χ4n) is 0.212. The zero-order valence-electron chi connectivity index (χ0n) is 3.02. The molecule has 1 saturated heterocycles. The molecule has 0 amide bonds. The monoisotopic (exact) mass is 200 g/mol. The zero-order valence-corrected chi connectivity index (χ0v) is 5.18. The van der Waals surface area contributed by atoms with Gasteiger partial charge in [0.15, 0.2) is 6.23 Å². The maximum atomic E-state index is 5.19. The summed E-state index contributed by atoms with van der Waals surface area (Å²) in [5.41, 5.74) is 5.19. The van der Waals surface area contributed by atoms with Gasteiger partial charge in [-0.1, -0.05) is 0 Å². The predicted octanol–water partition coefficient (Wildman–Crippen LogP) is -0.433. The molecule has 0 bridgehead atoms. The van der Waals surface area contributed by atoms with Crippen LogP contribution in [0.25, 0.3) is 0 Å². The molecule has 3 nitrogen and oxygen atoms in total. The van der Waals surface area contributed by atoms with Gasteiger partial charge in [0.1, 0.15) is 6.23 Å². The van der Waals surface area contributed by atoms with E-state index in [1.54, 1.807) is 0 Å². The summed E-state index contributed by atoms with van der Waals surface area (Å²) >= 11 is 2.00. The molecule has 36 valence electrons. The Hall–Kier alpha value is 0.610. The Kier molecular flexibility index (Phi) is 1.28. The minimum absolute atomic E-state index is 0.0538. The van der Waals surface area contributed by atoms with Gasteiger partial charge in [-0.3, -0.25) is 0 Å². The van der Waals surface area contributed by atoms with Crippen molar-refractivity contribution < 1.29 is 4.74 Å². The Labute approximate surface area is 49.7 Å². The van der Waals surface area contributed by atoms with Crippen molar-refractivity contribution in [1.29, 1.82) is 0 Å². The molecule has 1 rings (SSSR count). The van der Waals surface area contributed by atoms with Crippen LogP contribution in [-0.2, 0) is 4.74 Å². The molecule has 0 radical (unpaired) electrons. The lowest BCUT2D eigenvalue weighted by atomic mass is 10.7. The first-order valence-corrected chi connectivity index (χ1v) is 2.69. The van der Waals surface area contributed by atoms with Crippen LogP contribution in [0.3, 0.4) is 0 Å². The minimum Gasteiger partial charge on any atom is -0.336 e. The van der Waals surface area contributed by atoms with Crippen molar-refractivity contribution in [2.45, 2.75) is 12.5 Å². The molecule has 3 N–H and O–H groups in total. The van der Waals surface area contributed by atoms with Gasteiger partial charge in [0.25, 0.3) is 0 Å². The fraction of sp³-hybridized carbons (Fsp3) is 1.00. The average Bonchev–Trinajstić information content (AvgIpc) is 2.19. The Balaban J connectivity index is 2.09. The van der Waals surface area contributed by atoms with Crippen molar-refractivity contribution in [2.24, 2.45) is 5.73 Å². The van der Waals surface area contributed by atoms with E-state index in [1.807, 2.05) is 22.9 Å². The van der Waals surface area contributed by atoms with Gasteiger partial charge < -0.3 is 10.5 Å². The Morgan fingerprint density at radius 2 is 2.33 bits per heavy atom. The molecule has 2 atom stereocenters. The SMILES string of the molecule is NC1OC1NI. The summed E-state index contributed by atoms with van der Waals surface area (Å²) in [4.78, 5) is 0. The molecular weight excluding hydrogens is 195 g/mol. The second kappa shape index (κ2) is 1.61. The fourth-order valence-corrected chi connectivity index (χ4v) is 0.713. The number of rotatable bonds is 1. The van der Waals surface area contributed by atoms with E-state index < -0.39 is 0 Å². The maximum absolute atomic E-state index is 5.19. The van der Waals surface area contributed by atoms with E-state index in [2.05, 4.69) is 3.53 Å². The largest absolute Gasteiger partial charge is 0.336 e. The molecule has 0 aromatic carbocycles. The molecule has 1 aliphatic rings. The van der Waals surface area contributed by atoms with Crippen LogP contribution < -0.4 is 9.26 Å². The lowest BCUT2D eigenvalue weighted by molar-refractivity contribution is 0.372. The highest BCUT2D eigenvalue weighted by atomic mass is 127. The smallest absolute Gasteiger partial charge is 0.158 e. The normalized spacial score (nSPS) is 43.0. The molecule has 2 unspecified atom stereocenters. The number of epoxide rings is 1. The van der Waals surface area contributed by atoms with E-state index in [1.165, 1.54) is 0 Å². The Morgan fingerprint density at radius 1 is 1.83 bits per heavy atom. The van der Waals surface area contributed by atoms with E-state index in [0.717, 1.165) is 0 Å². The second-order valence-electron chi connectivity index (χ2n) is 1.13.